The SMILES string of the molecule is COc1ccc(OC)c(CC(=O)NC2(C)CCNCC2)c1. The molecule has 0 unspecified atom stereocenters. The van der Waals surface area contributed by atoms with E-state index < -0.39 is 0 Å². The number of benzene rings is 1. The van der Waals surface area contributed by atoms with Crippen molar-refractivity contribution in [1.29, 1.82) is 0 Å². The van der Waals surface area contributed by atoms with Gasteiger partial charge in [-0.3, -0.25) is 4.79 Å². The van der Waals surface area contributed by atoms with Gasteiger partial charge in [-0.25, -0.2) is 0 Å². The van der Waals surface area contributed by atoms with Crippen molar-refractivity contribution >= 4 is 5.91 Å². The monoisotopic (exact) mass is 292 g/mol. The molecule has 5 nitrogen and oxygen atoms in total. The number of ether oxygens (including phenoxy) is 2. The lowest BCUT2D eigenvalue weighted by atomic mass is 9.90. The average Bonchev–Trinajstić information content (AvgIpc) is 2.47. The van der Waals surface area contributed by atoms with Gasteiger partial charge in [-0.2, -0.15) is 0 Å². The third-order valence-electron chi connectivity index (χ3n) is 3.99. The number of hydrogen-bond donors (Lipinski definition) is 2. The van der Waals surface area contributed by atoms with Gasteiger partial charge in [0.25, 0.3) is 0 Å². The fraction of sp³-hybridized carbons (Fsp3) is 0.562. The number of carbonyl (C=O) groups is 1. The molecule has 0 spiro atoms. The highest BCUT2D eigenvalue weighted by atomic mass is 16.5. The molecule has 1 saturated heterocycles. The van der Waals surface area contributed by atoms with Gasteiger partial charge in [-0.05, 0) is 51.1 Å². The Kier molecular flexibility index (Phi) is 5.07. The van der Waals surface area contributed by atoms with Crippen molar-refractivity contribution in [3.63, 3.8) is 0 Å². The van der Waals surface area contributed by atoms with Crippen molar-refractivity contribution in [2.24, 2.45) is 0 Å². The summed E-state index contributed by atoms with van der Waals surface area (Å²) in [6.45, 7) is 3.99. The van der Waals surface area contributed by atoms with E-state index in [-0.39, 0.29) is 11.4 Å². The molecule has 1 amide bonds. The number of nitrogens with one attached hydrogen (secondary N) is 2. The van der Waals surface area contributed by atoms with Crippen molar-refractivity contribution in [3.8, 4) is 11.5 Å². The Hall–Kier alpha value is -1.75. The van der Waals surface area contributed by atoms with Crippen molar-refractivity contribution in [2.45, 2.75) is 31.7 Å². The minimum atomic E-state index is -0.117. The maximum atomic E-state index is 12.3. The number of amides is 1. The second kappa shape index (κ2) is 6.80. The molecule has 1 aliphatic rings. The molecule has 21 heavy (non-hydrogen) atoms. The maximum absolute atomic E-state index is 12.3. The largest absolute Gasteiger partial charge is 0.497 e. The number of carbonyl (C=O) groups excluding carboxylic acids is 1. The van der Waals surface area contributed by atoms with E-state index in [0.717, 1.165) is 37.2 Å². The smallest absolute Gasteiger partial charge is 0.224 e. The molecule has 1 aromatic rings. The van der Waals surface area contributed by atoms with Crippen LogP contribution in [0.3, 0.4) is 0 Å². The molecule has 2 N–H and O–H groups in total. The first kappa shape index (κ1) is 15.6. The summed E-state index contributed by atoms with van der Waals surface area (Å²) in [7, 11) is 3.22. The zero-order valence-electron chi connectivity index (χ0n) is 13.0. The Morgan fingerprint density at radius 1 is 1.29 bits per heavy atom. The van der Waals surface area contributed by atoms with E-state index in [2.05, 4.69) is 17.6 Å². The van der Waals surface area contributed by atoms with Gasteiger partial charge in [0.2, 0.25) is 5.91 Å². The van der Waals surface area contributed by atoms with Crippen LogP contribution in [-0.4, -0.2) is 38.8 Å². The van der Waals surface area contributed by atoms with Crippen LogP contribution in [0.5, 0.6) is 11.5 Å². The molecule has 1 aromatic carbocycles. The molecule has 2 rings (SSSR count). The van der Waals surface area contributed by atoms with Crippen LogP contribution >= 0.6 is 0 Å². The van der Waals surface area contributed by atoms with E-state index in [9.17, 15) is 4.79 Å². The van der Waals surface area contributed by atoms with Gasteiger partial charge in [0.15, 0.2) is 0 Å². The van der Waals surface area contributed by atoms with E-state index in [1.165, 1.54) is 0 Å². The first-order chi connectivity index (χ1) is 10.1. The highest BCUT2D eigenvalue weighted by Gasteiger charge is 2.28. The Balaban J connectivity index is 2.04. The molecule has 116 valence electrons. The van der Waals surface area contributed by atoms with Crippen LogP contribution in [0.4, 0.5) is 0 Å². The molecule has 1 aliphatic heterocycles. The molecule has 0 aliphatic carbocycles. The normalized spacial score (nSPS) is 17.1. The summed E-state index contributed by atoms with van der Waals surface area (Å²) in [5.74, 6) is 1.46. The summed E-state index contributed by atoms with van der Waals surface area (Å²) < 4.78 is 10.5. The summed E-state index contributed by atoms with van der Waals surface area (Å²) in [6, 6.07) is 5.51. The third-order valence-corrected chi connectivity index (χ3v) is 3.99. The van der Waals surface area contributed by atoms with Gasteiger partial charge in [0.1, 0.15) is 11.5 Å². The Morgan fingerprint density at radius 2 is 2.00 bits per heavy atom. The van der Waals surface area contributed by atoms with Gasteiger partial charge < -0.3 is 20.1 Å². The van der Waals surface area contributed by atoms with Gasteiger partial charge in [0.05, 0.1) is 20.6 Å². The minimum absolute atomic E-state index is 0.0194. The standard InChI is InChI=1S/C16H24N2O3/c1-16(6-8-17-9-7-16)18-15(19)11-12-10-13(20-2)4-5-14(12)21-3/h4-5,10,17H,6-9,11H2,1-3H3,(H,18,19). The van der Waals surface area contributed by atoms with Gasteiger partial charge in [0, 0.05) is 11.1 Å². The topological polar surface area (TPSA) is 59.6 Å². The van der Waals surface area contributed by atoms with E-state index in [0.29, 0.717) is 12.2 Å². The quantitative estimate of drug-likeness (QED) is 0.863. The number of hydrogen-bond acceptors (Lipinski definition) is 4. The van der Waals surface area contributed by atoms with Crippen molar-refractivity contribution in [1.82, 2.24) is 10.6 Å². The predicted octanol–water partition coefficient (Wildman–Crippen LogP) is 1.50. The van der Waals surface area contributed by atoms with Crippen molar-refractivity contribution in [3.05, 3.63) is 23.8 Å². The fourth-order valence-corrected chi connectivity index (χ4v) is 2.68. The van der Waals surface area contributed by atoms with Crippen LogP contribution in [0.2, 0.25) is 0 Å². The Labute approximate surface area is 126 Å². The molecule has 5 heteroatoms. The maximum Gasteiger partial charge on any atom is 0.224 e. The van der Waals surface area contributed by atoms with Crippen LogP contribution in [0.15, 0.2) is 18.2 Å². The lowest BCUT2D eigenvalue weighted by Gasteiger charge is -2.35. The van der Waals surface area contributed by atoms with Crippen LogP contribution < -0.4 is 20.1 Å². The molecule has 0 saturated carbocycles. The third kappa shape index (κ3) is 4.11. The lowest BCUT2D eigenvalue weighted by molar-refractivity contribution is -0.122. The van der Waals surface area contributed by atoms with Crippen LogP contribution in [0, 0.1) is 0 Å². The second-order valence-electron chi connectivity index (χ2n) is 5.71. The second-order valence-corrected chi connectivity index (χ2v) is 5.71. The summed E-state index contributed by atoms with van der Waals surface area (Å²) in [4.78, 5) is 12.3. The number of methoxy groups -OCH3 is 2. The summed E-state index contributed by atoms with van der Waals surface area (Å²) >= 11 is 0. The van der Waals surface area contributed by atoms with E-state index in [4.69, 9.17) is 9.47 Å². The lowest BCUT2D eigenvalue weighted by Crippen LogP contribution is -2.52. The molecule has 0 aromatic heterocycles. The van der Waals surface area contributed by atoms with Crippen LogP contribution in [-0.2, 0) is 11.2 Å². The van der Waals surface area contributed by atoms with E-state index >= 15 is 0 Å². The predicted molar refractivity (Wildman–Crippen MR) is 81.9 cm³/mol. The number of piperidine rings is 1. The molecule has 0 bridgehead atoms. The fourth-order valence-electron chi connectivity index (χ4n) is 2.68. The van der Waals surface area contributed by atoms with Gasteiger partial charge in [-0.1, -0.05) is 0 Å². The van der Waals surface area contributed by atoms with Gasteiger partial charge >= 0.3 is 0 Å². The van der Waals surface area contributed by atoms with Crippen molar-refractivity contribution < 1.29 is 14.3 Å². The van der Waals surface area contributed by atoms with Crippen LogP contribution in [0.1, 0.15) is 25.3 Å². The van der Waals surface area contributed by atoms with E-state index in [1.54, 1.807) is 14.2 Å². The first-order valence-corrected chi connectivity index (χ1v) is 7.29. The summed E-state index contributed by atoms with van der Waals surface area (Å²) in [6.07, 6.45) is 2.20. The number of rotatable bonds is 5. The Bertz CT molecular complexity index is 496. The first-order valence-electron chi connectivity index (χ1n) is 7.29. The van der Waals surface area contributed by atoms with E-state index in [1.807, 2.05) is 18.2 Å². The molecule has 0 radical (unpaired) electrons. The zero-order chi connectivity index (χ0) is 15.3. The average molecular weight is 292 g/mol. The van der Waals surface area contributed by atoms with Gasteiger partial charge in [-0.15, -0.1) is 0 Å². The molecule has 0 atom stereocenters. The minimum Gasteiger partial charge on any atom is -0.497 e. The van der Waals surface area contributed by atoms with Crippen LogP contribution in [0.25, 0.3) is 0 Å². The summed E-state index contributed by atoms with van der Waals surface area (Å²) in [5, 5.41) is 6.47. The van der Waals surface area contributed by atoms with Crippen molar-refractivity contribution in [2.75, 3.05) is 27.3 Å². The highest BCUT2D eigenvalue weighted by Crippen LogP contribution is 2.25. The molecule has 1 fully saturated rings. The Morgan fingerprint density at radius 3 is 2.62 bits per heavy atom. The molecular formula is C16H24N2O3. The zero-order valence-corrected chi connectivity index (χ0v) is 13.0. The summed E-state index contributed by atoms with van der Waals surface area (Å²) in [5.41, 5.74) is 0.723. The molecule has 1 heterocycles. The highest BCUT2D eigenvalue weighted by molar-refractivity contribution is 5.80. The molecular weight excluding hydrogens is 268 g/mol.